The van der Waals surface area contributed by atoms with Crippen LogP contribution in [-0.4, -0.2) is 5.78 Å². The molecular formula is C22H22O. The topological polar surface area (TPSA) is 17.1 Å². The first-order chi connectivity index (χ1) is 11.2. The van der Waals surface area contributed by atoms with Crippen LogP contribution in [0.1, 0.15) is 42.9 Å². The quantitative estimate of drug-likeness (QED) is 0.695. The van der Waals surface area contributed by atoms with Gasteiger partial charge in [0.1, 0.15) is 5.78 Å². The lowest BCUT2D eigenvalue weighted by Gasteiger charge is -2.39. The zero-order valence-electron chi connectivity index (χ0n) is 13.6. The molecule has 1 heteroatoms. The normalized spacial score (nSPS) is 31.3. The molecule has 1 fully saturated rings. The number of hydrogen-bond donors (Lipinski definition) is 0. The van der Waals surface area contributed by atoms with Crippen molar-refractivity contribution >= 4 is 16.6 Å². The number of carbonyl (C=O) groups is 1. The second kappa shape index (κ2) is 4.56. The van der Waals surface area contributed by atoms with Crippen molar-refractivity contribution in [3.63, 3.8) is 0 Å². The van der Waals surface area contributed by atoms with E-state index in [1.807, 2.05) is 0 Å². The van der Waals surface area contributed by atoms with Crippen molar-refractivity contribution in [2.24, 2.45) is 11.8 Å². The zero-order valence-corrected chi connectivity index (χ0v) is 13.6. The lowest BCUT2D eigenvalue weighted by molar-refractivity contribution is -0.126. The van der Waals surface area contributed by atoms with E-state index in [2.05, 4.69) is 49.4 Å². The Morgan fingerprint density at radius 3 is 2.74 bits per heavy atom. The smallest absolute Gasteiger partial charge is 0.144 e. The van der Waals surface area contributed by atoms with Gasteiger partial charge < -0.3 is 0 Å². The van der Waals surface area contributed by atoms with Crippen LogP contribution in [0.3, 0.4) is 0 Å². The highest BCUT2D eigenvalue weighted by Gasteiger charge is 2.55. The Bertz CT molecular complexity index is 860. The van der Waals surface area contributed by atoms with Crippen LogP contribution in [0, 0.1) is 11.8 Å². The van der Waals surface area contributed by atoms with Crippen LogP contribution in [-0.2, 0) is 23.1 Å². The van der Waals surface area contributed by atoms with Crippen LogP contribution in [0.25, 0.3) is 10.8 Å². The second-order valence-corrected chi connectivity index (χ2v) is 7.63. The van der Waals surface area contributed by atoms with Gasteiger partial charge in [-0.05, 0) is 71.0 Å². The van der Waals surface area contributed by atoms with Gasteiger partial charge in [0.05, 0.1) is 5.41 Å². The molecule has 116 valence electrons. The van der Waals surface area contributed by atoms with Gasteiger partial charge in [-0.2, -0.15) is 0 Å². The highest BCUT2D eigenvalue weighted by atomic mass is 16.1. The summed E-state index contributed by atoms with van der Waals surface area (Å²) in [6, 6.07) is 11.5. The van der Waals surface area contributed by atoms with Crippen LogP contribution in [0.4, 0.5) is 0 Å². The van der Waals surface area contributed by atoms with E-state index >= 15 is 0 Å². The fourth-order valence-electron chi connectivity index (χ4n) is 5.34. The molecule has 0 heterocycles. The summed E-state index contributed by atoms with van der Waals surface area (Å²) in [5.41, 5.74) is 3.96. The summed E-state index contributed by atoms with van der Waals surface area (Å²) in [6.45, 7) is 2.20. The predicted molar refractivity (Wildman–Crippen MR) is 93.7 cm³/mol. The van der Waals surface area contributed by atoms with Gasteiger partial charge in [-0.1, -0.05) is 43.3 Å². The van der Waals surface area contributed by atoms with E-state index in [4.69, 9.17) is 0 Å². The number of allylic oxidation sites excluding steroid dienone is 2. The van der Waals surface area contributed by atoms with Crippen molar-refractivity contribution in [3.8, 4) is 0 Å². The molecule has 3 atom stereocenters. The largest absolute Gasteiger partial charge is 0.299 e. The lowest BCUT2D eigenvalue weighted by Crippen LogP contribution is -2.43. The lowest BCUT2D eigenvalue weighted by atomic mass is 9.62. The Balaban J connectivity index is 1.75. The van der Waals surface area contributed by atoms with Gasteiger partial charge in [0.2, 0.25) is 0 Å². The average molecular weight is 302 g/mol. The summed E-state index contributed by atoms with van der Waals surface area (Å²) in [4.78, 5) is 13.0. The number of aryl methyl sites for hydroxylation is 2. The summed E-state index contributed by atoms with van der Waals surface area (Å²) < 4.78 is 0. The number of carbonyl (C=O) groups excluding carboxylic acids is 1. The minimum Gasteiger partial charge on any atom is -0.299 e. The SMILES string of the molecule is CCc1ccc2cc3c(cc2c1)CCC(=O)C31CC2C=CC1C2. The predicted octanol–water partition coefficient (Wildman–Crippen LogP) is 4.75. The van der Waals surface area contributed by atoms with Crippen LogP contribution in [0.2, 0.25) is 0 Å². The molecule has 0 amide bonds. The van der Waals surface area contributed by atoms with Gasteiger partial charge in [0.25, 0.3) is 0 Å². The van der Waals surface area contributed by atoms with E-state index in [1.165, 1.54) is 33.9 Å². The van der Waals surface area contributed by atoms with Crippen molar-refractivity contribution < 1.29 is 4.79 Å². The molecular weight excluding hydrogens is 280 g/mol. The Labute approximate surface area is 137 Å². The first kappa shape index (κ1) is 13.5. The van der Waals surface area contributed by atoms with E-state index < -0.39 is 0 Å². The van der Waals surface area contributed by atoms with Crippen molar-refractivity contribution in [1.82, 2.24) is 0 Å². The molecule has 2 aromatic rings. The molecule has 23 heavy (non-hydrogen) atoms. The van der Waals surface area contributed by atoms with Crippen LogP contribution < -0.4 is 0 Å². The molecule has 0 aromatic heterocycles. The summed E-state index contributed by atoms with van der Waals surface area (Å²) in [5.74, 6) is 1.55. The third-order valence-corrected chi connectivity index (χ3v) is 6.52. The summed E-state index contributed by atoms with van der Waals surface area (Å²) in [6.07, 6.45) is 9.60. The van der Waals surface area contributed by atoms with Gasteiger partial charge in [-0.25, -0.2) is 0 Å². The summed E-state index contributed by atoms with van der Waals surface area (Å²) >= 11 is 0. The second-order valence-electron chi connectivity index (χ2n) is 7.63. The minimum absolute atomic E-state index is 0.204. The van der Waals surface area contributed by atoms with Crippen molar-refractivity contribution in [1.29, 1.82) is 0 Å². The van der Waals surface area contributed by atoms with E-state index in [9.17, 15) is 4.79 Å². The highest BCUT2D eigenvalue weighted by molar-refractivity contribution is 5.96. The Kier molecular flexibility index (Phi) is 2.69. The Morgan fingerprint density at radius 2 is 2.00 bits per heavy atom. The fraction of sp³-hybridized carbons (Fsp3) is 0.409. The summed E-state index contributed by atoms with van der Waals surface area (Å²) in [5, 5.41) is 2.63. The maximum atomic E-state index is 13.0. The number of rotatable bonds is 1. The highest BCUT2D eigenvalue weighted by Crippen LogP contribution is 2.57. The molecule has 2 aromatic carbocycles. The van der Waals surface area contributed by atoms with Crippen LogP contribution >= 0.6 is 0 Å². The maximum absolute atomic E-state index is 13.0. The monoisotopic (exact) mass is 302 g/mol. The fourth-order valence-corrected chi connectivity index (χ4v) is 5.34. The number of fused-ring (bicyclic) bond motifs is 6. The molecule has 0 aliphatic heterocycles. The average Bonchev–Trinajstić information content (AvgIpc) is 3.18. The molecule has 2 bridgehead atoms. The molecule has 3 unspecified atom stereocenters. The van der Waals surface area contributed by atoms with Crippen molar-refractivity contribution in [3.05, 3.63) is 59.2 Å². The molecule has 0 N–H and O–H groups in total. The van der Waals surface area contributed by atoms with Gasteiger partial charge in [0, 0.05) is 6.42 Å². The first-order valence-electron chi connectivity index (χ1n) is 8.98. The van der Waals surface area contributed by atoms with Gasteiger partial charge >= 0.3 is 0 Å². The molecule has 0 radical (unpaired) electrons. The number of Topliss-reactive ketones (excluding diaryl/α,β-unsaturated/α-hetero) is 1. The number of ketones is 1. The van der Waals surface area contributed by atoms with E-state index in [-0.39, 0.29) is 5.41 Å². The number of benzene rings is 2. The molecule has 1 nitrogen and oxygen atoms in total. The molecule has 1 spiro atoms. The minimum atomic E-state index is -0.204. The number of hydrogen-bond acceptors (Lipinski definition) is 1. The first-order valence-corrected chi connectivity index (χ1v) is 8.98. The molecule has 0 saturated heterocycles. The summed E-state index contributed by atoms with van der Waals surface area (Å²) in [7, 11) is 0. The third kappa shape index (κ3) is 1.71. The van der Waals surface area contributed by atoms with E-state index in [0.717, 1.165) is 25.7 Å². The van der Waals surface area contributed by atoms with Crippen LogP contribution in [0.15, 0.2) is 42.5 Å². The molecule has 3 aliphatic rings. The maximum Gasteiger partial charge on any atom is 0.144 e. The zero-order chi connectivity index (χ0) is 15.6. The Morgan fingerprint density at radius 1 is 1.09 bits per heavy atom. The van der Waals surface area contributed by atoms with Gasteiger partial charge in [-0.15, -0.1) is 0 Å². The Hall–Kier alpha value is -1.89. The molecule has 5 rings (SSSR count). The van der Waals surface area contributed by atoms with E-state index in [1.54, 1.807) is 0 Å². The van der Waals surface area contributed by atoms with Crippen LogP contribution in [0.5, 0.6) is 0 Å². The molecule has 1 saturated carbocycles. The van der Waals surface area contributed by atoms with Gasteiger partial charge in [0.15, 0.2) is 0 Å². The standard InChI is InChI=1S/C22H22O/c1-2-14-3-5-16-12-20-17(11-18(16)9-14)6-8-21(23)22(20)13-15-4-7-19(22)10-15/h3-5,7,9,11-12,15,19H,2,6,8,10,13H2,1H3. The van der Waals surface area contributed by atoms with Crippen molar-refractivity contribution in [2.45, 2.75) is 44.4 Å². The van der Waals surface area contributed by atoms with Crippen molar-refractivity contribution in [2.75, 3.05) is 0 Å². The van der Waals surface area contributed by atoms with E-state index in [0.29, 0.717) is 17.6 Å². The third-order valence-electron chi connectivity index (χ3n) is 6.52. The van der Waals surface area contributed by atoms with Gasteiger partial charge in [-0.3, -0.25) is 4.79 Å². The molecule has 3 aliphatic carbocycles.